The lowest BCUT2D eigenvalue weighted by Crippen LogP contribution is -2.10. The van der Waals surface area contributed by atoms with Crippen molar-refractivity contribution in [1.82, 2.24) is 0 Å². The maximum Gasteiger partial charge on any atom is 0.354 e. The molecule has 0 radical (unpaired) electrons. The number of ether oxygens (including phenoxy) is 3. The van der Waals surface area contributed by atoms with Crippen molar-refractivity contribution in [3.05, 3.63) is 58.7 Å². The van der Waals surface area contributed by atoms with Gasteiger partial charge in [-0.05, 0) is 67.8 Å². The summed E-state index contributed by atoms with van der Waals surface area (Å²) in [5.41, 5.74) is 2.64. The molecule has 0 heterocycles. The van der Waals surface area contributed by atoms with Crippen molar-refractivity contribution >= 4 is 12.0 Å². The predicted octanol–water partition coefficient (Wildman–Crippen LogP) is 4.22. The lowest BCUT2D eigenvalue weighted by atomic mass is 10.1. The molecular formula is C21H21NO4. The Hall–Kier alpha value is -3.26. The minimum atomic E-state index is -0.705. The van der Waals surface area contributed by atoms with Crippen molar-refractivity contribution in [3.63, 3.8) is 0 Å². The molecule has 2 rings (SSSR count). The van der Waals surface area contributed by atoms with E-state index in [-0.39, 0.29) is 5.57 Å². The molecule has 134 valence electrons. The number of methoxy groups -OCH3 is 1. The molecule has 0 fully saturated rings. The highest BCUT2D eigenvalue weighted by atomic mass is 16.5. The summed E-state index contributed by atoms with van der Waals surface area (Å²) in [4.78, 5) is 12.3. The van der Waals surface area contributed by atoms with Gasteiger partial charge in [0.25, 0.3) is 0 Å². The van der Waals surface area contributed by atoms with Crippen LogP contribution < -0.4 is 14.2 Å². The number of aryl methyl sites for hydroxylation is 2. The Bertz CT molecular complexity index is 878. The Kier molecular flexibility index (Phi) is 6.40. The molecule has 0 saturated carbocycles. The molecule has 0 aliphatic rings. The second-order valence-electron chi connectivity index (χ2n) is 5.65. The first-order chi connectivity index (χ1) is 12.5. The summed E-state index contributed by atoms with van der Waals surface area (Å²) in [5, 5.41) is 9.32. The molecule has 2 aromatic rings. The van der Waals surface area contributed by atoms with Crippen LogP contribution in [0.2, 0.25) is 0 Å². The van der Waals surface area contributed by atoms with Crippen molar-refractivity contribution in [1.29, 1.82) is 5.26 Å². The van der Waals surface area contributed by atoms with Crippen LogP contribution in [0.1, 0.15) is 23.6 Å². The third-order valence-electron chi connectivity index (χ3n) is 3.83. The van der Waals surface area contributed by atoms with Gasteiger partial charge in [-0.2, -0.15) is 5.26 Å². The summed E-state index contributed by atoms with van der Waals surface area (Å²) >= 11 is 0. The Morgan fingerprint density at radius 1 is 1.12 bits per heavy atom. The van der Waals surface area contributed by atoms with E-state index in [1.807, 2.05) is 32.9 Å². The van der Waals surface area contributed by atoms with Gasteiger partial charge in [0.05, 0.1) is 13.7 Å². The maximum absolute atomic E-state index is 12.3. The second kappa shape index (κ2) is 8.72. The zero-order valence-corrected chi connectivity index (χ0v) is 15.3. The fourth-order valence-corrected chi connectivity index (χ4v) is 2.29. The molecule has 0 amide bonds. The topological polar surface area (TPSA) is 68.5 Å². The van der Waals surface area contributed by atoms with Gasteiger partial charge in [0.15, 0.2) is 11.5 Å². The number of nitriles is 1. The lowest BCUT2D eigenvalue weighted by molar-refractivity contribution is -0.129. The van der Waals surface area contributed by atoms with Gasteiger partial charge in [-0.1, -0.05) is 12.1 Å². The molecule has 0 N–H and O–H groups in total. The molecule has 5 nitrogen and oxygen atoms in total. The first kappa shape index (κ1) is 19.1. The summed E-state index contributed by atoms with van der Waals surface area (Å²) < 4.78 is 16.0. The smallest absolute Gasteiger partial charge is 0.354 e. The molecule has 0 bridgehead atoms. The predicted molar refractivity (Wildman–Crippen MR) is 99.3 cm³/mol. The van der Waals surface area contributed by atoms with E-state index in [4.69, 9.17) is 14.2 Å². The largest absolute Gasteiger partial charge is 0.493 e. The number of nitrogens with zero attached hydrogens (tertiary/aromatic N) is 1. The highest BCUT2D eigenvalue weighted by Gasteiger charge is 2.13. The van der Waals surface area contributed by atoms with Gasteiger partial charge in [0.2, 0.25) is 0 Å². The average molecular weight is 351 g/mol. The first-order valence-electron chi connectivity index (χ1n) is 8.20. The molecule has 0 aliphatic carbocycles. The van der Waals surface area contributed by atoms with Crippen LogP contribution in [0.3, 0.4) is 0 Å². The molecule has 0 spiro atoms. The fourth-order valence-electron chi connectivity index (χ4n) is 2.29. The number of esters is 1. The number of hydrogen-bond donors (Lipinski definition) is 0. The highest BCUT2D eigenvalue weighted by Crippen LogP contribution is 2.29. The van der Waals surface area contributed by atoms with Gasteiger partial charge < -0.3 is 14.2 Å². The molecule has 0 aliphatic heterocycles. The second-order valence-corrected chi connectivity index (χ2v) is 5.65. The standard InChI is InChI=1S/C21H21NO4/c1-5-25-19-9-7-16(12-20(19)24-4)11-17(13-22)21(23)26-18-8-6-14(2)15(3)10-18/h6-12H,5H2,1-4H3/b17-11+. The number of benzene rings is 2. The summed E-state index contributed by atoms with van der Waals surface area (Å²) in [5.74, 6) is 0.830. The van der Waals surface area contributed by atoms with Crippen LogP contribution in [-0.2, 0) is 4.79 Å². The van der Waals surface area contributed by atoms with E-state index in [0.29, 0.717) is 29.4 Å². The SMILES string of the molecule is CCOc1ccc(/C=C(\C#N)C(=O)Oc2ccc(C)c(C)c2)cc1OC. The Labute approximate surface area is 153 Å². The van der Waals surface area contributed by atoms with Crippen LogP contribution in [0, 0.1) is 25.2 Å². The van der Waals surface area contributed by atoms with Crippen molar-refractivity contribution < 1.29 is 19.0 Å². The van der Waals surface area contributed by atoms with Crippen molar-refractivity contribution in [3.8, 4) is 23.3 Å². The van der Waals surface area contributed by atoms with Gasteiger partial charge >= 0.3 is 5.97 Å². The van der Waals surface area contributed by atoms with Crippen molar-refractivity contribution in [2.45, 2.75) is 20.8 Å². The Morgan fingerprint density at radius 2 is 1.88 bits per heavy atom. The minimum Gasteiger partial charge on any atom is -0.493 e. The number of carbonyl (C=O) groups excluding carboxylic acids is 1. The molecule has 0 saturated heterocycles. The summed E-state index contributed by atoms with van der Waals surface area (Å²) in [6.07, 6.45) is 1.46. The molecule has 0 atom stereocenters. The average Bonchev–Trinajstić information content (AvgIpc) is 2.63. The maximum atomic E-state index is 12.3. The van der Waals surface area contributed by atoms with Gasteiger partial charge in [-0.25, -0.2) is 4.79 Å². The van der Waals surface area contributed by atoms with E-state index in [1.165, 1.54) is 13.2 Å². The summed E-state index contributed by atoms with van der Waals surface area (Å²) in [6, 6.07) is 12.4. The molecule has 0 unspecified atom stereocenters. The van der Waals surface area contributed by atoms with E-state index >= 15 is 0 Å². The first-order valence-corrected chi connectivity index (χ1v) is 8.20. The van der Waals surface area contributed by atoms with E-state index < -0.39 is 5.97 Å². The van der Waals surface area contributed by atoms with Crippen LogP contribution in [0.15, 0.2) is 42.0 Å². The van der Waals surface area contributed by atoms with Gasteiger partial charge in [0, 0.05) is 0 Å². The van der Waals surface area contributed by atoms with Crippen LogP contribution in [0.4, 0.5) is 0 Å². The quantitative estimate of drug-likeness (QED) is 0.337. The molecule has 2 aromatic carbocycles. The van der Waals surface area contributed by atoms with Gasteiger partial charge in [0.1, 0.15) is 17.4 Å². The van der Waals surface area contributed by atoms with Crippen LogP contribution in [0.25, 0.3) is 6.08 Å². The molecule has 5 heteroatoms. The summed E-state index contributed by atoms with van der Waals surface area (Å²) in [7, 11) is 1.53. The number of rotatable bonds is 6. The van der Waals surface area contributed by atoms with E-state index in [9.17, 15) is 10.1 Å². The summed E-state index contributed by atoms with van der Waals surface area (Å²) in [6.45, 7) is 6.29. The Balaban J connectivity index is 2.25. The van der Waals surface area contributed by atoms with Crippen LogP contribution >= 0.6 is 0 Å². The van der Waals surface area contributed by atoms with Gasteiger partial charge in [-0.15, -0.1) is 0 Å². The van der Waals surface area contributed by atoms with Crippen LogP contribution in [0.5, 0.6) is 17.2 Å². The molecule has 26 heavy (non-hydrogen) atoms. The monoisotopic (exact) mass is 351 g/mol. The van der Waals surface area contributed by atoms with Crippen LogP contribution in [-0.4, -0.2) is 19.7 Å². The molecule has 0 aromatic heterocycles. The van der Waals surface area contributed by atoms with Crippen molar-refractivity contribution in [2.75, 3.05) is 13.7 Å². The number of hydrogen-bond acceptors (Lipinski definition) is 5. The van der Waals surface area contributed by atoms with E-state index in [0.717, 1.165) is 11.1 Å². The Morgan fingerprint density at radius 3 is 2.50 bits per heavy atom. The zero-order valence-electron chi connectivity index (χ0n) is 15.3. The van der Waals surface area contributed by atoms with Gasteiger partial charge in [-0.3, -0.25) is 0 Å². The number of carbonyl (C=O) groups is 1. The molecular weight excluding hydrogens is 330 g/mol. The normalized spacial score (nSPS) is 10.8. The minimum absolute atomic E-state index is 0.102. The third-order valence-corrected chi connectivity index (χ3v) is 3.83. The van der Waals surface area contributed by atoms with Crippen molar-refractivity contribution in [2.24, 2.45) is 0 Å². The van der Waals surface area contributed by atoms with E-state index in [1.54, 1.807) is 30.3 Å². The third kappa shape index (κ3) is 4.64. The zero-order chi connectivity index (χ0) is 19.1. The van der Waals surface area contributed by atoms with E-state index in [2.05, 4.69) is 0 Å². The fraction of sp³-hybridized carbons (Fsp3) is 0.238. The lowest BCUT2D eigenvalue weighted by Gasteiger charge is -2.10. The highest BCUT2D eigenvalue weighted by molar-refractivity contribution is 5.99.